The second-order valence-corrected chi connectivity index (χ2v) is 4.96. The van der Waals surface area contributed by atoms with Crippen molar-refractivity contribution in [1.29, 1.82) is 5.41 Å². The number of nitrogens with two attached hydrogens (primary N) is 1. The van der Waals surface area contributed by atoms with Crippen LogP contribution in [0.25, 0.3) is 0 Å². The van der Waals surface area contributed by atoms with Crippen molar-refractivity contribution in [1.82, 2.24) is 4.90 Å². The number of guanidine groups is 1. The molecule has 3 N–H and O–H groups in total. The van der Waals surface area contributed by atoms with Gasteiger partial charge in [-0.3, -0.25) is 15.0 Å². The number of benzene rings is 2. The average Bonchev–Trinajstić information content (AvgIpc) is 2.47. The highest BCUT2D eigenvalue weighted by atomic mass is 16.2. The summed E-state index contributed by atoms with van der Waals surface area (Å²) in [4.78, 5) is 25.9. The molecule has 0 fully saturated rings. The molecule has 0 atom stereocenters. The normalized spacial score (nSPS) is 10.1. The fraction of sp³-hybridized carbons (Fsp3) is 0.118. The van der Waals surface area contributed by atoms with Gasteiger partial charge in [-0.25, -0.2) is 4.90 Å². The first-order valence-electron chi connectivity index (χ1n) is 6.77. The molecule has 2 aromatic carbocycles. The fourth-order valence-electron chi connectivity index (χ4n) is 2.18. The van der Waals surface area contributed by atoms with Crippen molar-refractivity contribution < 1.29 is 9.59 Å². The molecule has 0 radical (unpaired) electrons. The van der Waals surface area contributed by atoms with Crippen molar-refractivity contribution in [3.05, 3.63) is 70.8 Å². The average molecular weight is 295 g/mol. The van der Waals surface area contributed by atoms with E-state index in [-0.39, 0.29) is 0 Å². The van der Waals surface area contributed by atoms with Gasteiger partial charge in [-0.2, -0.15) is 0 Å². The Morgan fingerprint density at radius 3 is 1.55 bits per heavy atom. The van der Waals surface area contributed by atoms with Gasteiger partial charge in [-0.1, -0.05) is 36.4 Å². The number of nitrogens with zero attached hydrogens (tertiary/aromatic N) is 1. The Hall–Kier alpha value is -2.95. The number of hydrogen-bond acceptors (Lipinski definition) is 3. The molecule has 22 heavy (non-hydrogen) atoms. The van der Waals surface area contributed by atoms with E-state index < -0.39 is 17.8 Å². The molecule has 0 bridgehead atoms. The second kappa shape index (κ2) is 6.22. The Labute approximate surface area is 128 Å². The Bertz CT molecular complexity index is 696. The third-order valence-electron chi connectivity index (χ3n) is 3.40. The quantitative estimate of drug-likeness (QED) is 0.507. The minimum absolute atomic E-state index is 0.347. The SMILES string of the molecule is Cc1ccccc1C(=O)N(C(=N)N)C(=O)c1ccccc1C. The molecule has 112 valence electrons. The third kappa shape index (κ3) is 2.88. The van der Waals surface area contributed by atoms with E-state index in [1.807, 2.05) is 0 Å². The lowest BCUT2D eigenvalue weighted by Gasteiger charge is -2.20. The number of imide groups is 1. The maximum Gasteiger partial charge on any atom is 0.267 e. The molecule has 2 rings (SSSR count). The molecule has 0 aliphatic rings. The van der Waals surface area contributed by atoms with Crippen molar-refractivity contribution in [3.63, 3.8) is 0 Å². The molecular formula is C17H17N3O2. The minimum Gasteiger partial charge on any atom is -0.369 e. The zero-order valence-corrected chi connectivity index (χ0v) is 12.5. The van der Waals surface area contributed by atoms with Crippen LogP contribution in [0, 0.1) is 19.3 Å². The first-order valence-corrected chi connectivity index (χ1v) is 6.77. The van der Waals surface area contributed by atoms with E-state index in [2.05, 4.69) is 0 Å². The van der Waals surface area contributed by atoms with Gasteiger partial charge in [0.05, 0.1) is 0 Å². The molecule has 0 saturated heterocycles. The summed E-state index contributed by atoms with van der Waals surface area (Å²) in [5.41, 5.74) is 7.61. The van der Waals surface area contributed by atoms with Gasteiger partial charge in [0.1, 0.15) is 0 Å². The first-order chi connectivity index (χ1) is 10.4. The van der Waals surface area contributed by atoms with Crippen LogP contribution in [-0.2, 0) is 0 Å². The molecule has 2 amide bonds. The third-order valence-corrected chi connectivity index (χ3v) is 3.40. The Balaban J connectivity index is 2.46. The number of amides is 2. The van der Waals surface area contributed by atoms with Gasteiger partial charge in [0.2, 0.25) is 5.96 Å². The van der Waals surface area contributed by atoms with Crippen LogP contribution in [-0.4, -0.2) is 22.7 Å². The maximum absolute atomic E-state index is 12.6. The lowest BCUT2D eigenvalue weighted by Crippen LogP contribution is -2.46. The van der Waals surface area contributed by atoms with E-state index in [0.29, 0.717) is 16.0 Å². The van der Waals surface area contributed by atoms with Gasteiger partial charge in [-0.15, -0.1) is 0 Å². The Morgan fingerprint density at radius 2 is 1.23 bits per heavy atom. The minimum atomic E-state index is -0.598. The van der Waals surface area contributed by atoms with Gasteiger partial charge in [0, 0.05) is 11.1 Å². The molecular weight excluding hydrogens is 278 g/mol. The highest BCUT2D eigenvalue weighted by molar-refractivity contribution is 6.21. The van der Waals surface area contributed by atoms with Crippen LogP contribution in [0.2, 0.25) is 0 Å². The van der Waals surface area contributed by atoms with Crippen molar-refractivity contribution >= 4 is 17.8 Å². The fourth-order valence-corrected chi connectivity index (χ4v) is 2.18. The molecule has 5 heteroatoms. The zero-order valence-electron chi connectivity index (χ0n) is 12.5. The Kier molecular flexibility index (Phi) is 4.36. The predicted molar refractivity (Wildman–Crippen MR) is 84.8 cm³/mol. The number of carbonyl (C=O) groups is 2. The van der Waals surface area contributed by atoms with E-state index >= 15 is 0 Å². The number of carbonyl (C=O) groups excluding carboxylic acids is 2. The van der Waals surface area contributed by atoms with E-state index in [0.717, 1.165) is 11.1 Å². The zero-order chi connectivity index (χ0) is 16.3. The summed E-state index contributed by atoms with van der Waals surface area (Å²) in [6.45, 7) is 3.54. The smallest absolute Gasteiger partial charge is 0.267 e. The van der Waals surface area contributed by atoms with Crippen molar-refractivity contribution in [3.8, 4) is 0 Å². The van der Waals surface area contributed by atoms with Gasteiger partial charge < -0.3 is 5.73 Å². The standard InChI is InChI=1S/C17H17N3O2/c1-11-7-3-5-9-13(11)15(21)20(17(18)19)16(22)14-10-6-4-8-12(14)2/h3-10H,1-2H3,(H3,18,19). The molecule has 0 aliphatic heterocycles. The number of hydrogen-bond donors (Lipinski definition) is 2. The molecule has 0 aliphatic carbocycles. The van der Waals surface area contributed by atoms with Crippen LogP contribution in [0.3, 0.4) is 0 Å². The monoisotopic (exact) mass is 295 g/mol. The van der Waals surface area contributed by atoms with Crippen LogP contribution in [0.15, 0.2) is 48.5 Å². The van der Waals surface area contributed by atoms with E-state index in [1.54, 1.807) is 62.4 Å². The molecule has 2 aromatic rings. The van der Waals surface area contributed by atoms with Gasteiger partial charge in [0.15, 0.2) is 0 Å². The van der Waals surface area contributed by atoms with Crippen molar-refractivity contribution in [2.45, 2.75) is 13.8 Å². The van der Waals surface area contributed by atoms with Gasteiger partial charge >= 0.3 is 0 Å². The molecule has 0 spiro atoms. The number of aryl methyl sites for hydroxylation is 2. The predicted octanol–water partition coefficient (Wildman–Crippen LogP) is 2.48. The lowest BCUT2D eigenvalue weighted by molar-refractivity contribution is 0.0710. The summed E-state index contributed by atoms with van der Waals surface area (Å²) in [6, 6.07) is 13.8. The largest absolute Gasteiger partial charge is 0.369 e. The van der Waals surface area contributed by atoms with Crippen molar-refractivity contribution in [2.24, 2.45) is 5.73 Å². The summed E-state index contributed by atoms with van der Waals surface area (Å²) < 4.78 is 0. The summed E-state index contributed by atoms with van der Waals surface area (Å²) in [5.74, 6) is -1.79. The van der Waals surface area contributed by atoms with E-state index in [4.69, 9.17) is 11.1 Å². The van der Waals surface area contributed by atoms with Crippen LogP contribution >= 0.6 is 0 Å². The molecule has 5 nitrogen and oxygen atoms in total. The molecule has 0 heterocycles. The topological polar surface area (TPSA) is 87.2 Å². The summed E-state index contributed by atoms with van der Waals surface area (Å²) in [7, 11) is 0. The first kappa shape index (κ1) is 15.4. The van der Waals surface area contributed by atoms with Crippen molar-refractivity contribution in [2.75, 3.05) is 0 Å². The highest BCUT2D eigenvalue weighted by Crippen LogP contribution is 2.15. The number of rotatable bonds is 2. The summed E-state index contributed by atoms with van der Waals surface area (Å²) in [5, 5.41) is 7.61. The van der Waals surface area contributed by atoms with Gasteiger partial charge in [0.25, 0.3) is 11.8 Å². The maximum atomic E-state index is 12.6. The van der Waals surface area contributed by atoms with Crippen LogP contribution in [0.1, 0.15) is 31.8 Å². The van der Waals surface area contributed by atoms with Gasteiger partial charge in [-0.05, 0) is 37.1 Å². The van der Waals surface area contributed by atoms with Crippen LogP contribution < -0.4 is 5.73 Å². The molecule has 0 saturated carbocycles. The lowest BCUT2D eigenvalue weighted by atomic mass is 10.1. The highest BCUT2D eigenvalue weighted by Gasteiger charge is 2.28. The van der Waals surface area contributed by atoms with E-state index in [9.17, 15) is 9.59 Å². The second-order valence-electron chi connectivity index (χ2n) is 4.96. The Morgan fingerprint density at radius 1 is 0.864 bits per heavy atom. The van der Waals surface area contributed by atoms with E-state index in [1.165, 1.54) is 0 Å². The number of nitrogens with one attached hydrogen (secondary N) is 1. The molecule has 0 aromatic heterocycles. The summed E-state index contributed by atoms with van der Waals surface area (Å²) >= 11 is 0. The molecule has 0 unspecified atom stereocenters. The van der Waals surface area contributed by atoms with Crippen LogP contribution in [0.4, 0.5) is 0 Å². The van der Waals surface area contributed by atoms with Crippen LogP contribution in [0.5, 0.6) is 0 Å². The summed E-state index contributed by atoms with van der Waals surface area (Å²) in [6.07, 6.45) is 0.